The number of nitrogens with two attached hydrogens (primary N) is 1. The lowest BCUT2D eigenvalue weighted by atomic mass is 10.3. The Morgan fingerprint density at radius 2 is 2.25 bits per heavy atom. The van der Waals surface area contributed by atoms with Gasteiger partial charge in [-0.05, 0) is 13.0 Å². The van der Waals surface area contributed by atoms with E-state index in [0.29, 0.717) is 11.6 Å². The molecule has 0 fully saturated rings. The van der Waals surface area contributed by atoms with Crippen LogP contribution in [-0.4, -0.2) is 17.0 Å². The van der Waals surface area contributed by atoms with Crippen molar-refractivity contribution >= 4 is 11.6 Å². The monoisotopic (exact) mass is 218 g/mol. The van der Waals surface area contributed by atoms with Crippen molar-refractivity contribution in [3.8, 4) is 0 Å². The minimum Gasteiger partial charge on any atom is -0.472 e. The maximum absolute atomic E-state index is 5.67. The quantitative estimate of drug-likeness (QED) is 0.847. The molecule has 0 unspecified atom stereocenters. The number of anilines is 2. The molecule has 0 aromatic carbocycles. The molecule has 16 heavy (non-hydrogen) atoms. The molecule has 5 heteroatoms. The van der Waals surface area contributed by atoms with Gasteiger partial charge in [0.2, 0.25) is 0 Å². The molecule has 0 spiro atoms. The van der Waals surface area contributed by atoms with Crippen LogP contribution in [0.2, 0.25) is 0 Å². The Hall–Kier alpha value is -2.04. The first-order chi connectivity index (χ1) is 7.65. The van der Waals surface area contributed by atoms with Crippen LogP contribution in [0.25, 0.3) is 0 Å². The van der Waals surface area contributed by atoms with Crippen molar-refractivity contribution < 1.29 is 4.42 Å². The van der Waals surface area contributed by atoms with Gasteiger partial charge < -0.3 is 15.1 Å². The highest BCUT2D eigenvalue weighted by Gasteiger charge is 2.06. The summed E-state index contributed by atoms with van der Waals surface area (Å²) < 4.78 is 5.01. The van der Waals surface area contributed by atoms with Gasteiger partial charge in [-0.1, -0.05) is 0 Å². The average molecular weight is 218 g/mol. The maximum atomic E-state index is 5.67. The van der Waals surface area contributed by atoms with Gasteiger partial charge in [-0.15, -0.1) is 0 Å². The first-order valence-electron chi connectivity index (χ1n) is 4.98. The number of nitrogens with zero attached hydrogens (tertiary/aromatic N) is 3. The molecule has 2 aromatic heterocycles. The summed E-state index contributed by atoms with van der Waals surface area (Å²) in [5, 5.41) is 0. The number of aryl methyl sites for hydroxylation is 1. The Kier molecular flexibility index (Phi) is 2.76. The standard InChI is InChI=1S/C11H14N4O/c1-8-13-10(12)5-11(14-8)15(2)6-9-3-4-16-7-9/h3-5,7H,6H2,1-2H3,(H2,12,13,14). The fraction of sp³-hybridized carbons (Fsp3) is 0.273. The minimum absolute atomic E-state index is 0.488. The Morgan fingerprint density at radius 1 is 1.44 bits per heavy atom. The molecule has 0 aliphatic rings. The fourth-order valence-corrected chi connectivity index (χ4v) is 1.51. The highest BCUT2D eigenvalue weighted by atomic mass is 16.3. The van der Waals surface area contributed by atoms with E-state index < -0.39 is 0 Å². The van der Waals surface area contributed by atoms with Crippen molar-refractivity contribution in [2.24, 2.45) is 0 Å². The summed E-state index contributed by atoms with van der Waals surface area (Å²) in [6.45, 7) is 2.55. The van der Waals surface area contributed by atoms with Crippen molar-refractivity contribution in [2.45, 2.75) is 13.5 Å². The molecule has 0 saturated heterocycles. The fourth-order valence-electron chi connectivity index (χ4n) is 1.51. The highest BCUT2D eigenvalue weighted by Crippen LogP contribution is 2.15. The zero-order valence-corrected chi connectivity index (χ0v) is 9.34. The number of hydrogen-bond donors (Lipinski definition) is 1. The molecule has 84 valence electrons. The van der Waals surface area contributed by atoms with Gasteiger partial charge in [0.05, 0.1) is 12.5 Å². The van der Waals surface area contributed by atoms with Gasteiger partial charge in [0.1, 0.15) is 17.5 Å². The Bertz CT molecular complexity index is 447. The van der Waals surface area contributed by atoms with Crippen molar-refractivity contribution in [2.75, 3.05) is 17.7 Å². The van der Waals surface area contributed by atoms with Crippen LogP contribution in [0.15, 0.2) is 29.1 Å². The third-order valence-corrected chi connectivity index (χ3v) is 2.24. The normalized spacial score (nSPS) is 10.4. The zero-order valence-electron chi connectivity index (χ0n) is 9.34. The molecule has 2 heterocycles. The predicted octanol–water partition coefficient (Wildman–Crippen LogP) is 1.60. The number of nitrogen functional groups attached to an aromatic ring is 1. The zero-order chi connectivity index (χ0) is 11.5. The van der Waals surface area contributed by atoms with E-state index in [1.165, 1.54) is 0 Å². The lowest BCUT2D eigenvalue weighted by molar-refractivity contribution is 0.563. The van der Waals surface area contributed by atoms with E-state index >= 15 is 0 Å². The van der Waals surface area contributed by atoms with Crippen molar-refractivity contribution in [3.63, 3.8) is 0 Å². The molecule has 2 aromatic rings. The van der Waals surface area contributed by atoms with Crippen LogP contribution in [0.4, 0.5) is 11.6 Å². The second-order valence-corrected chi connectivity index (χ2v) is 3.69. The number of rotatable bonds is 3. The average Bonchev–Trinajstić information content (AvgIpc) is 2.68. The molecule has 0 atom stereocenters. The highest BCUT2D eigenvalue weighted by molar-refractivity contribution is 5.46. The van der Waals surface area contributed by atoms with Crippen LogP contribution < -0.4 is 10.6 Å². The Balaban J connectivity index is 2.17. The maximum Gasteiger partial charge on any atom is 0.134 e. The van der Waals surface area contributed by atoms with Gasteiger partial charge in [-0.25, -0.2) is 9.97 Å². The van der Waals surface area contributed by atoms with Crippen molar-refractivity contribution in [3.05, 3.63) is 36.0 Å². The lowest BCUT2D eigenvalue weighted by Gasteiger charge is -2.17. The summed E-state index contributed by atoms with van der Waals surface area (Å²) in [4.78, 5) is 10.3. The number of aromatic nitrogens is 2. The summed E-state index contributed by atoms with van der Waals surface area (Å²) in [5.74, 6) is 1.97. The van der Waals surface area contributed by atoms with E-state index in [-0.39, 0.29) is 0 Å². The third-order valence-electron chi connectivity index (χ3n) is 2.24. The van der Waals surface area contributed by atoms with Gasteiger partial charge in [-0.2, -0.15) is 0 Å². The van der Waals surface area contributed by atoms with E-state index in [1.807, 2.05) is 24.9 Å². The lowest BCUT2D eigenvalue weighted by Crippen LogP contribution is -2.18. The summed E-state index contributed by atoms with van der Waals surface area (Å²) in [6, 6.07) is 3.68. The van der Waals surface area contributed by atoms with Crippen LogP contribution >= 0.6 is 0 Å². The largest absolute Gasteiger partial charge is 0.472 e. The van der Waals surface area contributed by atoms with Gasteiger partial charge >= 0.3 is 0 Å². The molecule has 0 saturated carbocycles. The van der Waals surface area contributed by atoms with E-state index in [2.05, 4.69) is 9.97 Å². The molecule has 0 aliphatic carbocycles. The van der Waals surface area contributed by atoms with E-state index in [1.54, 1.807) is 18.6 Å². The van der Waals surface area contributed by atoms with Gasteiger partial charge in [0.15, 0.2) is 0 Å². The SMILES string of the molecule is Cc1nc(N)cc(N(C)Cc2ccoc2)n1. The molecule has 5 nitrogen and oxygen atoms in total. The molecule has 2 N–H and O–H groups in total. The summed E-state index contributed by atoms with van der Waals surface area (Å²) in [6.07, 6.45) is 3.37. The molecule has 0 bridgehead atoms. The first-order valence-corrected chi connectivity index (χ1v) is 4.98. The van der Waals surface area contributed by atoms with Crippen molar-refractivity contribution in [1.82, 2.24) is 9.97 Å². The summed E-state index contributed by atoms with van der Waals surface area (Å²) >= 11 is 0. The van der Waals surface area contributed by atoms with Crippen LogP contribution in [0, 0.1) is 6.92 Å². The smallest absolute Gasteiger partial charge is 0.134 e. The van der Waals surface area contributed by atoms with E-state index in [9.17, 15) is 0 Å². The Labute approximate surface area is 93.9 Å². The van der Waals surface area contributed by atoms with Gasteiger partial charge in [0, 0.05) is 25.2 Å². The minimum atomic E-state index is 0.488. The topological polar surface area (TPSA) is 68.2 Å². The van der Waals surface area contributed by atoms with Gasteiger partial charge in [-0.3, -0.25) is 0 Å². The molecule has 0 aliphatic heterocycles. The molecule has 0 amide bonds. The molecular weight excluding hydrogens is 204 g/mol. The van der Waals surface area contributed by atoms with Crippen LogP contribution in [-0.2, 0) is 6.54 Å². The summed E-state index contributed by atoms with van der Waals surface area (Å²) in [7, 11) is 1.95. The van der Waals surface area contributed by atoms with Crippen molar-refractivity contribution in [1.29, 1.82) is 0 Å². The van der Waals surface area contributed by atoms with E-state index in [0.717, 1.165) is 17.9 Å². The molecule has 2 rings (SSSR count). The number of hydrogen-bond acceptors (Lipinski definition) is 5. The second-order valence-electron chi connectivity index (χ2n) is 3.69. The van der Waals surface area contributed by atoms with E-state index in [4.69, 9.17) is 10.2 Å². The Morgan fingerprint density at radius 3 is 2.88 bits per heavy atom. The van der Waals surface area contributed by atoms with Crippen LogP contribution in [0.3, 0.4) is 0 Å². The summed E-state index contributed by atoms with van der Waals surface area (Å²) in [5.41, 5.74) is 6.77. The van der Waals surface area contributed by atoms with Crippen LogP contribution in [0.1, 0.15) is 11.4 Å². The number of furan rings is 1. The predicted molar refractivity (Wildman–Crippen MR) is 62.0 cm³/mol. The van der Waals surface area contributed by atoms with Crippen LogP contribution in [0.5, 0.6) is 0 Å². The molecular formula is C11H14N4O. The second kappa shape index (κ2) is 4.22. The molecule has 0 radical (unpaired) electrons. The van der Waals surface area contributed by atoms with Gasteiger partial charge in [0.25, 0.3) is 0 Å². The first kappa shape index (κ1) is 10.5. The third kappa shape index (κ3) is 2.31.